The van der Waals surface area contributed by atoms with E-state index in [0.29, 0.717) is 0 Å². The fraction of sp³-hybridized carbons (Fsp3) is 0.692. The molecule has 2 aliphatic rings. The van der Waals surface area contributed by atoms with E-state index in [2.05, 4.69) is 20.1 Å². The van der Waals surface area contributed by atoms with Crippen molar-refractivity contribution in [2.75, 3.05) is 60.6 Å². The number of nitrogens with zero attached hydrogens (tertiary/aromatic N) is 4. The molecule has 0 radical (unpaired) electrons. The van der Waals surface area contributed by atoms with Crippen LogP contribution in [0.4, 0.5) is 11.8 Å². The number of aromatic nitrogens is 2. The molecule has 104 valence electrons. The molecule has 0 aliphatic carbocycles. The molecule has 2 fully saturated rings. The number of hydrogen-bond donors (Lipinski definition) is 1. The Morgan fingerprint density at radius 1 is 1.05 bits per heavy atom. The zero-order chi connectivity index (χ0) is 12.9. The molecule has 0 bridgehead atoms. The summed E-state index contributed by atoms with van der Waals surface area (Å²) in [6.45, 7) is 6.37. The van der Waals surface area contributed by atoms with Gasteiger partial charge in [-0.3, -0.25) is 0 Å². The average molecular weight is 279 g/mol. The summed E-state index contributed by atoms with van der Waals surface area (Å²) < 4.78 is 0. The first kappa shape index (κ1) is 13.0. The monoisotopic (exact) mass is 279 g/mol. The molecule has 0 unspecified atom stereocenters. The maximum atomic E-state index is 4.77. The predicted molar refractivity (Wildman–Crippen MR) is 81.3 cm³/mol. The van der Waals surface area contributed by atoms with Crippen molar-refractivity contribution in [3.63, 3.8) is 0 Å². The fourth-order valence-electron chi connectivity index (χ4n) is 2.51. The third kappa shape index (κ3) is 3.30. The molecule has 2 saturated heterocycles. The maximum Gasteiger partial charge on any atom is 0.227 e. The third-order valence-electron chi connectivity index (χ3n) is 3.59. The van der Waals surface area contributed by atoms with Gasteiger partial charge in [0.15, 0.2) is 0 Å². The van der Waals surface area contributed by atoms with Crippen molar-refractivity contribution in [1.82, 2.24) is 15.3 Å². The minimum Gasteiger partial charge on any atom is -0.355 e. The Kier molecular flexibility index (Phi) is 4.40. The van der Waals surface area contributed by atoms with Crippen LogP contribution in [-0.2, 0) is 0 Å². The van der Waals surface area contributed by atoms with Crippen molar-refractivity contribution in [3.8, 4) is 0 Å². The van der Waals surface area contributed by atoms with Crippen LogP contribution >= 0.6 is 11.8 Å². The minimum absolute atomic E-state index is 0.888. The van der Waals surface area contributed by atoms with Gasteiger partial charge in [0.25, 0.3) is 0 Å². The van der Waals surface area contributed by atoms with E-state index in [4.69, 9.17) is 4.98 Å². The number of thioether (sulfide) groups is 1. The lowest BCUT2D eigenvalue weighted by atomic mass is 10.4. The highest BCUT2D eigenvalue weighted by molar-refractivity contribution is 7.99. The fourth-order valence-corrected chi connectivity index (χ4v) is 3.41. The third-order valence-corrected chi connectivity index (χ3v) is 4.53. The van der Waals surface area contributed by atoms with E-state index in [1.165, 1.54) is 11.5 Å². The second-order valence-corrected chi connectivity index (χ2v) is 6.13. The van der Waals surface area contributed by atoms with Crippen molar-refractivity contribution >= 4 is 23.5 Å². The van der Waals surface area contributed by atoms with Crippen molar-refractivity contribution < 1.29 is 0 Å². The zero-order valence-corrected chi connectivity index (χ0v) is 12.0. The van der Waals surface area contributed by atoms with Crippen LogP contribution in [0.25, 0.3) is 0 Å². The van der Waals surface area contributed by atoms with Crippen LogP contribution in [-0.4, -0.2) is 60.7 Å². The van der Waals surface area contributed by atoms with E-state index < -0.39 is 0 Å². The predicted octanol–water partition coefficient (Wildman–Crippen LogP) is 0.829. The van der Waals surface area contributed by atoms with Crippen LogP contribution in [0.15, 0.2) is 12.3 Å². The number of nitrogens with one attached hydrogen (secondary N) is 1. The van der Waals surface area contributed by atoms with Gasteiger partial charge in [0.1, 0.15) is 5.82 Å². The lowest BCUT2D eigenvalue weighted by Crippen LogP contribution is -2.34. The van der Waals surface area contributed by atoms with E-state index in [0.717, 1.165) is 57.5 Å². The minimum atomic E-state index is 0.888. The Balaban J connectivity index is 1.74. The average Bonchev–Trinajstić information content (AvgIpc) is 2.77. The van der Waals surface area contributed by atoms with E-state index in [1.54, 1.807) is 0 Å². The molecule has 0 amide bonds. The standard InChI is InChI=1S/C13H21N5S/c1-3-14-5-7-18(6-1)13-15-4-2-12(16-13)17-8-10-19-11-9-17/h2,4,14H,1,3,5-11H2. The van der Waals surface area contributed by atoms with E-state index in [9.17, 15) is 0 Å². The normalized spacial score (nSPS) is 21.3. The van der Waals surface area contributed by atoms with Gasteiger partial charge in [-0.15, -0.1) is 0 Å². The molecule has 0 aromatic carbocycles. The summed E-state index contributed by atoms with van der Waals surface area (Å²) in [5.74, 6) is 4.38. The lowest BCUT2D eigenvalue weighted by Gasteiger charge is -2.28. The molecule has 0 saturated carbocycles. The molecular weight excluding hydrogens is 258 g/mol. The second-order valence-electron chi connectivity index (χ2n) is 4.90. The van der Waals surface area contributed by atoms with Crippen LogP contribution in [0.3, 0.4) is 0 Å². The van der Waals surface area contributed by atoms with Gasteiger partial charge < -0.3 is 15.1 Å². The van der Waals surface area contributed by atoms with Gasteiger partial charge in [-0.2, -0.15) is 16.7 Å². The van der Waals surface area contributed by atoms with Crippen molar-refractivity contribution in [1.29, 1.82) is 0 Å². The van der Waals surface area contributed by atoms with Crippen molar-refractivity contribution in [2.45, 2.75) is 6.42 Å². The molecule has 19 heavy (non-hydrogen) atoms. The van der Waals surface area contributed by atoms with Gasteiger partial charge in [-0.25, -0.2) is 4.98 Å². The highest BCUT2D eigenvalue weighted by Crippen LogP contribution is 2.19. The Bertz CT molecular complexity index is 400. The van der Waals surface area contributed by atoms with E-state index >= 15 is 0 Å². The first-order valence-corrected chi connectivity index (χ1v) is 8.20. The lowest BCUT2D eigenvalue weighted by molar-refractivity contribution is 0.724. The molecule has 0 atom stereocenters. The van der Waals surface area contributed by atoms with Gasteiger partial charge in [0.2, 0.25) is 5.95 Å². The van der Waals surface area contributed by atoms with E-state index in [1.807, 2.05) is 24.0 Å². The maximum absolute atomic E-state index is 4.77. The highest BCUT2D eigenvalue weighted by atomic mass is 32.2. The molecule has 1 aromatic rings. The van der Waals surface area contributed by atoms with Crippen LogP contribution in [0.2, 0.25) is 0 Å². The molecule has 1 N–H and O–H groups in total. The van der Waals surface area contributed by atoms with Gasteiger partial charge >= 0.3 is 0 Å². The molecular formula is C13H21N5S. The quantitative estimate of drug-likeness (QED) is 0.865. The summed E-state index contributed by atoms with van der Waals surface area (Å²) in [7, 11) is 0. The summed E-state index contributed by atoms with van der Waals surface area (Å²) in [6, 6.07) is 2.04. The molecule has 1 aromatic heterocycles. The van der Waals surface area contributed by atoms with Gasteiger partial charge in [-0.05, 0) is 19.0 Å². The SMILES string of the molecule is c1cc(N2CCSCC2)nc(N2CCCNCC2)n1. The summed E-state index contributed by atoms with van der Waals surface area (Å²) in [5.41, 5.74) is 0. The molecule has 6 heteroatoms. The Hall–Kier alpha value is -1.01. The second kappa shape index (κ2) is 6.43. The first-order valence-electron chi connectivity index (χ1n) is 7.05. The van der Waals surface area contributed by atoms with Crippen LogP contribution in [0.5, 0.6) is 0 Å². The Morgan fingerprint density at radius 3 is 2.84 bits per heavy atom. The van der Waals surface area contributed by atoms with Crippen molar-refractivity contribution in [2.24, 2.45) is 0 Å². The van der Waals surface area contributed by atoms with Crippen molar-refractivity contribution in [3.05, 3.63) is 12.3 Å². The van der Waals surface area contributed by atoms with Crippen LogP contribution in [0.1, 0.15) is 6.42 Å². The van der Waals surface area contributed by atoms with Gasteiger partial charge in [0, 0.05) is 50.4 Å². The summed E-state index contributed by atoms with van der Waals surface area (Å²) >= 11 is 2.02. The number of hydrogen-bond acceptors (Lipinski definition) is 6. The summed E-state index contributed by atoms with van der Waals surface area (Å²) in [6.07, 6.45) is 3.06. The number of rotatable bonds is 2. The summed E-state index contributed by atoms with van der Waals surface area (Å²) in [5, 5.41) is 3.41. The van der Waals surface area contributed by atoms with Gasteiger partial charge in [0.05, 0.1) is 0 Å². The molecule has 3 rings (SSSR count). The van der Waals surface area contributed by atoms with E-state index in [-0.39, 0.29) is 0 Å². The topological polar surface area (TPSA) is 44.3 Å². The molecule has 2 aliphatic heterocycles. The zero-order valence-electron chi connectivity index (χ0n) is 11.2. The first-order chi connectivity index (χ1) is 9.43. The smallest absolute Gasteiger partial charge is 0.227 e. The highest BCUT2D eigenvalue weighted by Gasteiger charge is 2.16. The Labute approximate surface area is 118 Å². The number of anilines is 2. The van der Waals surface area contributed by atoms with Gasteiger partial charge in [-0.1, -0.05) is 0 Å². The van der Waals surface area contributed by atoms with Crippen LogP contribution in [0, 0.1) is 0 Å². The largest absolute Gasteiger partial charge is 0.355 e. The molecule has 5 nitrogen and oxygen atoms in total. The van der Waals surface area contributed by atoms with Crippen LogP contribution < -0.4 is 15.1 Å². The summed E-state index contributed by atoms with van der Waals surface area (Å²) in [4.78, 5) is 13.9. The molecule has 3 heterocycles. The molecule has 0 spiro atoms. The Morgan fingerprint density at radius 2 is 1.95 bits per heavy atom.